The average molecular weight is 459 g/mol. The largest absolute Gasteiger partial charge is 0.497 e. The second-order valence-corrected chi connectivity index (χ2v) is 7.80. The summed E-state index contributed by atoms with van der Waals surface area (Å²) in [4.78, 5) is 24.7. The van der Waals surface area contributed by atoms with Gasteiger partial charge in [-0.05, 0) is 53.9 Å². The number of carbonyl (C=O) groups is 1. The van der Waals surface area contributed by atoms with Crippen LogP contribution in [0.3, 0.4) is 0 Å². The fourth-order valence-corrected chi connectivity index (χ4v) is 3.64. The van der Waals surface area contributed by atoms with Gasteiger partial charge in [-0.3, -0.25) is 4.79 Å². The Balaban J connectivity index is 1.38. The molecule has 34 heavy (non-hydrogen) atoms. The predicted octanol–water partition coefficient (Wildman–Crippen LogP) is 3.57. The minimum atomic E-state index is -0.445. The smallest absolute Gasteiger partial charge is 0.344 e. The molecule has 0 unspecified atom stereocenters. The normalized spacial score (nSPS) is 11.7. The molecule has 0 spiro atoms. The highest BCUT2D eigenvalue weighted by atomic mass is 16.5. The summed E-state index contributed by atoms with van der Waals surface area (Å²) < 4.78 is 16.2. The van der Waals surface area contributed by atoms with Gasteiger partial charge in [0.05, 0.1) is 25.3 Å². The van der Waals surface area contributed by atoms with Crippen molar-refractivity contribution < 1.29 is 23.8 Å². The van der Waals surface area contributed by atoms with E-state index in [1.807, 2.05) is 30.3 Å². The summed E-state index contributed by atoms with van der Waals surface area (Å²) in [6, 6.07) is 23.1. The highest BCUT2D eigenvalue weighted by molar-refractivity contribution is 5.83. The van der Waals surface area contributed by atoms with Gasteiger partial charge in [-0.1, -0.05) is 42.5 Å². The maximum Gasteiger partial charge on any atom is 0.344 e. The number of rotatable bonds is 9. The predicted molar refractivity (Wildman–Crippen MR) is 129 cm³/mol. The molecule has 0 saturated heterocycles. The zero-order valence-electron chi connectivity index (χ0n) is 18.7. The summed E-state index contributed by atoms with van der Waals surface area (Å²) in [7, 11) is 1.58. The first-order chi connectivity index (χ1) is 16.6. The van der Waals surface area contributed by atoms with Crippen molar-refractivity contribution in [1.29, 1.82) is 0 Å². The van der Waals surface area contributed by atoms with Crippen LogP contribution in [0, 0.1) is 0 Å². The van der Waals surface area contributed by atoms with Gasteiger partial charge in [0.1, 0.15) is 17.1 Å². The number of carbonyl (C=O) groups excluding carboxylic acids is 1. The maximum atomic E-state index is 12.4. The number of fused-ring (bicyclic) bond motifs is 1. The first-order valence-electron chi connectivity index (χ1n) is 10.8. The Kier molecular flexibility index (Phi) is 7.25. The Morgan fingerprint density at radius 1 is 1.00 bits per heavy atom. The number of ether oxygens (including phenoxy) is 2. The van der Waals surface area contributed by atoms with Crippen molar-refractivity contribution in [3.63, 3.8) is 0 Å². The lowest BCUT2D eigenvalue weighted by Gasteiger charge is -2.16. The summed E-state index contributed by atoms with van der Waals surface area (Å²) in [5.74, 6) is 0.819. The highest BCUT2D eigenvalue weighted by Crippen LogP contribution is 2.25. The summed E-state index contributed by atoms with van der Waals surface area (Å²) in [5, 5.41) is 13.1. The van der Waals surface area contributed by atoms with Gasteiger partial charge in [0.2, 0.25) is 0 Å². The fraction of sp³-hybridized carbons (Fsp3) is 0.185. The Morgan fingerprint density at radius 2 is 1.74 bits per heavy atom. The number of hydrogen-bond acceptors (Lipinski definition) is 6. The summed E-state index contributed by atoms with van der Waals surface area (Å²) in [6.45, 7) is -0.363. The molecule has 0 aliphatic carbocycles. The molecule has 0 fully saturated rings. The van der Waals surface area contributed by atoms with E-state index in [1.54, 1.807) is 55.6 Å². The molecule has 174 valence electrons. The van der Waals surface area contributed by atoms with Gasteiger partial charge in [0, 0.05) is 5.39 Å². The van der Waals surface area contributed by atoms with Crippen LogP contribution in [0.5, 0.6) is 11.5 Å². The standard InChI is InChI=1S/C27H25NO6/c1-32-23-11-12-25-20(14-23)15-24(27(31)34-25)19-7-9-22(10-8-19)33-17-26(30)28-21(16-29)13-18-5-3-2-4-6-18/h2-12,14-15,21,29H,13,16-17H2,1H3,(H,28,30)/t21-/m1/s1. The van der Waals surface area contributed by atoms with Crippen molar-refractivity contribution in [2.75, 3.05) is 20.3 Å². The molecule has 0 saturated carbocycles. The molecule has 1 atom stereocenters. The Morgan fingerprint density at radius 3 is 2.44 bits per heavy atom. The molecule has 1 heterocycles. The average Bonchev–Trinajstić information content (AvgIpc) is 2.87. The van der Waals surface area contributed by atoms with Crippen molar-refractivity contribution in [3.8, 4) is 22.6 Å². The molecular weight excluding hydrogens is 434 g/mol. The van der Waals surface area contributed by atoms with Crippen LogP contribution < -0.4 is 20.4 Å². The van der Waals surface area contributed by atoms with Gasteiger partial charge in [0.15, 0.2) is 6.61 Å². The number of nitrogens with one attached hydrogen (secondary N) is 1. The minimum absolute atomic E-state index is 0.171. The number of hydrogen-bond donors (Lipinski definition) is 2. The SMILES string of the molecule is COc1ccc2oc(=O)c(-c3ccc(OCC(=O)N[C@@H](CO)Cc4ccccc4)cc3)cc2c1. The zero-order valence-corrected chi connectivity index (χ0v) is 18.7. The Bertz CT molecular complexity index is 1310. The molecule has 0 aliphatic rings. The first-order valence-corrected chi connectivity index (χ1v) is 10.8. The Labute approximate surface area is 196 Å². The minimum Gasteiger partial charge on any atom is -0.497 e. The molecule has 1 aromatic heterocycles. The quantitative estimate of drug-likeness (QED) is 0.372. The topological polar surface area (TPSA) is 98.0 Å². The van der Waals surface area contributed by atoms with Gasteiger partial charge >= 0.3 is 5.63 Å². The molecule has 4 rings (SSSR count). The van der Waals surface area contributed by atoms with Crippen LogP contribution in [-0.2, 0) is 11.2 Å². The number of aliphatic hydroxyl groups excluding tert-OH is 1. The number of benzene rings is 3. The van der Waals surface area contributed by atoms with Crippen molar-refractivity contribution >= 4 is 16.9 Å². The van der Waals surface area contributed by atoms with E-state index >= 15 is 0 Å². The lowest BCUT2D eigenvalue weighted by molar-refractivity contribution is -0.124. The molecule has 7 heteroatoms. The van der Waals surface area contributed by atoms with E-state index < -0.39 is 11.7 Å². The van der Waals surface area contributed by atoms with Crippen LogP contribution >= 0.6 is 0 Å². The van der Waals surface area contributed by atoms with E-state index in [4.69, 9.17) is 13.9 Å². The van der Waals surface area contributed by atoms with Crippen molar-refractivity contribution in [2.24, 2.45) is 0 Å². The van der Waals surface area contributed by atoms with Crippen LogP contribution in [0.1, 0.15) is 5.56 Å². The monoisotopic (exact) mass is 459 g/mol. The number of amides is 1. The second-order valence-electron chi connectivity index (χ2n) is 7.80. The molecule has 1 amide bonds. The summed E-state index contributed by atoms with van der Waals surface area (Å²) in [6.07, 6.45) is 0.526. The Hall–Kier alpha value is -4.10. The van der Waals surface area contributed by atoms with Crippen molar-refractivity contribution in [2.45, 2.75) is 12.5 Å². The fourth-order valence-electron chi connectivity index (χ4n) is 3.64. The van der Waals surface area contributed by atoms with Crippen LogP contribution in [0.4, 0.5) is 0 Å². The molecule has 0 aliphatic heterocycles. The van der Waals surface area contributed by atoms with E-state index in [-0.39, 0.29) is 19.1 Å². The lowest BCUT2D eigenvalue weighted by Crippen LogP contribution is -2.41. The highest BCUT2D eigenvalue weighted by Gasteiger charge is 2.13. The number of aliphatic hydroxyl groups is 1. The first kappa shape index (κ1) is 23.1. The van der Waals surface area contributed by atoms with Gasteiger partial charge in [-0.25, -0.2) is 4.79 Å². The second kappa shape index (κ2) is 10.7. The van der Waals surface area contributed by atoms with Crippen LogP contribution in [0.15, 0.2) is 88.1 Å². The van der Waals surface area contributed by atoms with Crippen molar-refractivity contribution in [3.05, 3.63) is 94.8 Å². The van der Waals surface area contributed by atoms with E-state index in [0.29, 0.717) is 34.6 Å². The summed E-state index contributed by atoms with van der Waals surface area (Å²) >= 11 is 0. The van der Waals surface area contributed by atoms with Gasteiger partial charge in [0.25, 0.3) is 5.91 Å². The van der Waals surface area contributed by atoms with Gasteiger partial charge in [-0.15, -0.1) is 0 Å². The van der Waals surface area contributed by atoms with Gasteiger partial charge in [-0.2, -0.15) is 0 Å². The third kappa shape index (κ3) is 5.63. The molecule has 7 nitrogen and oxygen atoms in total. The van der Waals surface area contributed by atoms with Crippen LogP contribution in [0.25, 0.3) is 22.1 Å². The molecular formula is C27H25NO6. The number of methoxy groups -OCH3 is 1. The molecule has 3 aromatic carbocycles. The van der Waals surface area contributed by atoms with E-state index in [2.05, 4.69) is 5.32 Å². The molecule has 2 N–H and O–H groups in total. The van der Waals surface area contributed by atoms with E-state index in [1.165, 1.54) is 0 Å². The molecule has 0 radical (unpaired) electrons. The lowest BCUT2D eigenvalue weighted by atomic mass is 10.1. The zero-order chi connectivity index (χ0) is 23.9. The van der Waals surface area contributed by atoms with Crippen LogP contribution in [0.2, 0.25) is 0 Å². The summed E-state index contributed by atoms with van der Waals surface area (Å²) in [5.41, 5.74) is 2.14. The third-order valence-corrected chi connectivity index (χ3v) is 5.39. The van der Waals surface area contributed by atoms with E-state index in [0.717, 1.165) is 10.9 Å². The van der Waals surface area contributed by atoms with E-state index in [9.17, 15) is 14.7 Å². The molecule has 4 aromatic rings. The van der Waals surface area contributed by atoms with Gasteiger partial charge < -0.3 is 24.3 Å². The van der Waals surface area contributed by atoms with Crippen LogP contribution in [-0.4, -0.2) is 37.4 Å². The van der Waals surface area contributed by atoms with Crippen molar-refractivity contribution in [1.82, 2.24) is 5.32 Å². The maximum absolute atomic E-state index is 12.4. The third-order valence-electron chi connectivity index (χ3n) is 5.39. The molecule has 0 bridgehead atoms.